The quantitative estimate of drug-likeness (QED) is 0.730. The molecule has 0 N–H and O–H groups in total. The molecule has 2 heterocycles. The Morgan fingerprint density at radius 3 is 3.06 bits per heavy atom. The van der Waals surface area contributed by atoms with Gasteiger partial charge in [0.15, 0.2) is 0 Å². The number of ether oxygens (including phenoxy) is 2. The number of rotatable bonds is 3. The first-order chi connectivity index (χ1) is 8.72. The molecular formula is C11H15N3O4. The molecule has 1 saturated heterocycles. The summed E-state index contributed by atoms with van der Waals surface area (Å²) in [5, 5.41) is 7.59. The molecule has 0 atom stereocenters. The zero-order chi connectivity index (χ0) is 12.6. The van der Waals surface area contributed by atoms with E-state index in [2.05, 4.69) is 10.2 Å². The molecule has 2 fully saturated rings. The van der Waals surface area contributed by atoms with E-state index in [1.165, 1.54) is 0 Å². The fraction of sp³-hybridized carbons (Fsp3) is 0.727. The molecule has 0 aromatic carbocycles. The summed E-state index contributed by atoms with van der Waals surface area (Å²) in [6, 6.07) is 0.368. The smallest absolute Gasteiger partial charge is 0.396 e. The summed E-state index contributed by atoms with van der Waals surface area (Å²) in [5.74, 6) is -0.672. The molecule has 98 valence electrons. The largest absolute Gasteiger partial charge is 0.459 e. The molecule has 1 saturated carbocycles. The van der Waals surface area contributed by atoms with Gasteiger partial charge in [-0.2, -0.15) is 0 Å². The highest BCUT2D eigenvalue weighted by Crippen LogP contribution is 2.42. The van der Waals surface area contributed by atoms with Crippen molar-refractivity contribution < 1.29 is 18.7 Å². The van der Waals surface area contributed by atoms with E-state index in [1.54, 1.807) is 6.92 Å². The van der Waals surface area contributed by atoms with Gasteiger partial charge in [0.05, 0.1) is 25.4 Å². The molecule has 1 aliphatic carbocycles. The van der Waals surface area contributed by atoms with Crippen LogP contribution in [-0.2, 0) is 9.47 Å². The van der Waals surface area contributed by atoms with Crippen molar-refractivity contribution in [2.24, 2.45) is 0 Å². The van der Waals surface area contributed by atoms with Crippen molar-refractivity contribution in [2.45, 2.75) is 25.4 Å². The molecule has 18 heavy (non-hydrogen) atoms. The Bertz CT molecular complexity index is 455. The van der Waals surface area contributed by atoms with Crippen molar-refractivity contribution in [1.82, 2.24) is 10.2 Å². The molecule has 7 nitrogen and oxygen atoms in total. The van der Waals surface area contributed by atoms with Crippen LogP contribution in [0.15, 0.2) is 4.42 Å². The third-order valence-electron chi connectivity index (χ3n) is 3.19. The molecular weight excluding hydrogens is 238 g/mol. The van der Waals surface area contributed by atoms with E-state index >= 15 is 0 Å². The zero-order valence-electron chi connectivity index (χ0n) is 10.2. The van der Waals surface area contributed by atoms with Gasteiger partial charge in [0, 0.05) is 6.54 Å². The molecule has 2 aliphatic rings. The monoisotopic (exact) mass is 253 g/mol. The number of hydrogen-bond acceptors (Lipinski definition) is 7. The summed E-state index contributed by atoms with van der Waals surface area (Å²) in [6.45, 7) is 4.12. The number of aromatic nitrogens is 2. The second-order valence-electron chi connectivity index (χ2n) is 4.56. The lowest BCUT2D eigenvalue weighted by Gasteiger charge is -2.31. The second kappa shape index (κ2) is 4.24. The highest BCUT2D eigenvalue weighted by atomic mass is 16.5. The molecule has 0 bridgehead atoms. The summed E-state index contributed by atoms with van der Waals surface area (Å²) < 4.78 is 15.8. The van der Waals surface area contributed by atoms with Gasteiger partial charge in [0.25, 0.3) is 0 Å². The SMILES string of the molecule is CCOC(=O)c1nnc(N2CCOC3(CC3)C2)o1. The Kier molecular flexibility index (Phi) is 2.70. The number of esters is 1. The van der Waals surface area contributed by atoms with Crippen molar-refractivity contribution in [1.29, 1.82) is 0 Å². The average Bonchev–Trinajstić information content (AvgIpc) is 2.95. The molecule has 7 heteroatoms. The van der Waals surface area contributed by atoms with Crippen molar-refractivity contribution in [3.05, 3.63) is 5.89 Å². The topological polar surface area (TPSA) is 77.7 Å². The van der Waals surface area contributed by atoms with E-state index < -0.39 is 5.97 Å². The van der Waals surface area contributed by atoms with Gasteiger partial charge < -0.3 is 18.8 Å². The minimum absolute atomic E-state index is 0.0171. The van der Waals surface area contributed by atoms with Gasteiger partial charge in [0.1, 0.15) is 0 Å². The zero-order valence-corrected chi connectivity index (χ0v) is 10.2. The van der Waals surface area contributed by atoms with E-state index in [9.17, 15) is 4.79 Å². The normalized spacial score (nSPS) is 21.1. The summed E-state index contributed by atoms with van der Waals surface area (Å²) in [7, 11) is 0. The molecule has 0 amide bonds. The Morgan fingerprint density at radius 2 is 2.33 bits per heavy atom. The van der Waals surface area contributed by atoms with Gasteiger partial charge in [0.2, 0.25) is 0 Å². The van der Waals surface area contributed by atoms with Crippen LogP contribution in [0.1, 0.15) is 30.5 Å². The van der Waals surface area contributed by atoms with Crippen LogP contribution >= 0.6 is 0 Å². The van der Waals surface area contributed by atoms with E-state index in [1.807, 2.05) is 4.90 Å². The Morgan fingerprint density at radius 1 is 1.50 bits per heavy atom. The summed E-state index contributed by atoms with van der Waals surface area (Å²) in [6.07, 6.45) is 2.14. The minimum atomic E-state index is -0.578. The van der Waals surface area contributed by atoms with Gasteiger partial charge in [-0.3, -0.25) is 0 Å². The average molecular weight is 253 g/mol. The number of carbonyl (C=O) groups is 1. The third kappa shape index (κ3) is 2.05. The van der Waals surface area contributed by atoms with E-state index in [0.717, 1.165) is 19.4 Å². The van der Waals surface area contributed by atoms with Crippen LogP contribution in [0.4, 0.5) is 6.01 Å². The van der Waals surface area contributed by atoms with Crippen LogP contribution < -0.4 is 4.90 Å². The van der Waals surface area contributed by atoms with Gasteiger partial charge >= 0.3 is 17.9 Å². The number of nitrogens with zero attached hydrogens (tertiary/aromatic N) is 3. The molecule has 3 rings (SSSR count). The molecule has 1 aliphatic heterocycles. The predicted octanol–water partition coefficient (Wildman–Crippen LogP) is 0.615. The van der Waals surface area contributed by atoms with Gasteiger partial charge in [-0.05, 0) is 19.8 Å². The van der Waals surface area contributed by atoms with Crippen LogP contribution in [0.2, 0.25) is 0 Å². The molecule has 1 spiro atoms. The lowest BCUT2D eigenvalue weighted by Crippen LogP contribution is -2.44. The lowest BCUT2D eigenvalue weighted by molar-refractivity contribution is 0.0188. The van der Waals surface area contributed by atoms with Crippen molar-refractivity contribution in [3.8, 4) is 0 Å². The van der Waals surface area contributed by atoms with Gasteiger partial charge in [-0.1, -0.05) is 10.2 Å². The Hall–Kier alpha value is -1.63. The van der Waals surface area contributed by atoms with Crippen molar-refractivity contribution >= 4 is 12.0 Å². The highest BCUT2D eigenvalue weighted by Gasteiger charge is 2.48. The van der Waals surface area contributed by atoms with Crippen LogP contribution in [0.5, 0.6) is 0 Å². The van der Waals surface area contributed by atoms with Crippen LogP contribution in [-0.4, -0.2) is 48.1 Å². The predicted molar refractivity (Wildman–Crippen MR) is 60.4 cm³/mol. The molecule has 0 radical (unpaired) electrons. The highest BCUT2D eigenvalue weighted by molar-refractivity contribution is 5.84. The standard InChI is InChI=1S/C11H15N3O4/c1-2-16-9(15)8-12-13-10(18-8)14-5-6-17-11(7-14)3-4-11/h2-7H2,1H3. The molecule has 1 aromatic heterocycles. The van der Waals surface area contributed by atoms with Crippen LogP contribution in [0.3, 0.4) is 0 Å². The van der Waals surface area contributed by atoms with Gasteiger partial charge in [-0.15, -0.1) is 0 Å². The summed E-state index contributed by atoms with van der Waals surface area (Å²) in [4.78, 5) is 13.4. The number of morpholine rings is 1. The first-order valence-electron chi connectivity index (χ1n) is 6.12. The molecule has 1 aromatic rings. The summed E-state index contributed by atoms with van der Waals surface area (Å²) >= 11 is 0. The lowest BCUT2D eigenvalue weighted by atomic mass is 10.2. The van der Waals surface area contributed by atoms with E-state index in [4.69, 9.17) is 13.9 Å². The maximum Gasteiger partial charge on any atom is 0.396 e. The number of carbonyl (C=O) groups excluding carboxylic acids is 1. The number of hydrogen-bond donors (Lipinski definition) is 0. The fourth-order valence-electron chi connectivity index (χ4n) is 2.07. The van der Waals surface area contributed by atoms with E-state index in [0.29, 0.717) is 19.2 Å². The second-order valence-corrected chi connectivity index (χ2v) is 4.56. The fourth-order valence-corrected chi connectivity index (χ4v) is 2.07. The molecule has 0 unspecified atom stereocenters. The first-order valence-corrected chi connectivity index (χ1v) is 6.12. The Labute approximate surface area is 104 Å². The third-order valence-corrected chi connectivity index (χ3v) is 3.19. The number of anilines is 1. The Balaban J connectivity index is 1.70. The maximum absolute atomic E-state index is 11.4. The van der Waals surface area contributed by atoms with Crippen molar-refractivity contribution in [3.63, 3.8) is 0 Å². The van der Waals surface area contributed by atoms with Crippen LogP contribution in [0.25, 0.3) is 0 Å². The minimum Gasteiger partial charge on any atom is -0.459 e. The summed E-state index contributed by atoms with van der Waals surface area (Å²) in [5.41, 5.74) is -0.0171. The van der Waals surface area contributed by atoms with Gasteiger partial charge in [-0.25, -0.2) is 4.79 Å². The first kappa shape index (κ1) is 11.5. The maximum atomic E-state index is 11.4. The van der Waals surface area contributed by atoms with Crippen LogP contribution in [0, 0.1) is 0 Å². The van der Waals surface area contributed by atoms with E-state index in [-0.39, 0.29) is 18.1 Å². The van der Waals surface area contributed by atoms with Crippen molar-refractivity contribution in [2.75, 3.05) is 31.2 Å².